The Morgan fingerprint density at radius 2 is 1.83 bits per heavy atom. The van der Waals surface area contributed by atoms with Crippen LogP contribution in [0.5, 0.6) is 0 Å². The predicted octanol–water partition coefficient (Wildman–Crippen LogP) is 2.88. The van der Waals surface area contributed by atoms with Gasteiger partial charge in [-0.3, -0.25) is 0 Å². The van der Waals surface area contributed by atoms with Crippen LogP contribution in [-0.4, -0.2) is 40.7 Å². The van der Waals surface area contributed by atoms with Gasteiger partial charge in [-0.25, -0.2) is 9.97 Å². The average Bonchev–Trinajstić information content (AvgIpc) is 3.17. The Balaban J connectivity index is 1.92. The number of pyridine rings is 1. The third kappa shape index (κ3) is 2.09. The molecule has 0 spiro atoms. The minimum Gasteiger partial charge on any atom is -0.418 e. The summed E-state index contributed by atoms with van der Waals surface area (Å²) in [6.07, 6.45) is 1.76. The van der Waals surface area contributed by atoms with Crippen molar-refractivity contribution in [1.29, 1.82) is 0 Å². The molecule has 0 aliphatic carbocycles. The van der Waals surface area contributed by atoms with Crippen LogP contribution >= 0.6 is 0 Å². The SMILES string of the molecule is CNc1nc2oc(-c3ccc(N(C)C)cc3)nc2c2c1ncn2C. The van der Waals surface area contributed by atoms with Crippen molar-refractivity contribution in [1.82, 2.24) is 19.5 Å². The Morgan fingerprint density at radius 3 is 2.50 bits per heavy atom. The summed E-state index contributed by atoms with van der Waals surface area (Å²) < 4.78 is 7.84. The number of hydrogen-bond donors (Lipinski definition) is 1. The lowest BCUT2D eigenvalue weighted by molar-refractivity contribution is 0.608. The van der Waals surface area contributed by atoms with E-state index in [2.05, 4.69) is 25.2 Å². The van der Waals surface area contributed by atoms with Crippen LogP contribution in [0.3, 0.4) is 0 Å². The number of imidazole rings is 1. The molecule has 0 aliphatic heterocycles. The standard InChI is InChI=1S/C17H18N6O/c1-18-15-12-14(23(4)9-19-12)13-17(21-15)24-16(20-13)10-5-7-11(8-6-10)22(2)3/h5-9H,1-4H3,(H,18,21). The topological polar surface area (TPSA) is 72.0 Å². The molecule has 0 aliphatic rings. The maximum atomic E-state index is 5.91. The van der Waals surface area contributed by atoms with Crippen molar-refractivity contribution < 1.29 is 4.42 Å². The quantitative estimate of drug-likeness (QED) is 0.625. The second-order valence-corrected chi connectivity index (χ2v) is 5.88. The van der Waals surface area contributed by atoms with Gasteiger partial charge in [-0.2, -0.15) is 4.98 Å². The summed E-state index contributed by atoms with van der Waals surface area (Å²) in [5, 5.41) is 3.06. The molecular formula is C17H18N6O. The zero-order chi connectivity index (χ0) is 16.8. The van der Waals surface area contributed by atoms with Crippen molar-refractivity contribution in [3.05, 3.63) is 30.6 Å². The first-order chi connectivity index (χ1) is 11.6. The molecule has 3 aromatic heterocycles. The highest BCUT2D eigenvalue weighted by atomic mass is 16.4. The molecule has 0 amide bonds. The maximum Gasteiger partial charge on any atom is 0.251 e. The molecule has 4 rings (SSSR count). The third-order valence-corrected chi connectivity index (χ3v) is 4.08. The highest BCUT2D eigenvalue weighted by molar-refractivity contribution is 6.03. The lowest BCUT2D eigenvalue weighted by Gasteiger charge is -2.11. The number of benzene rings is 1. The second kappa shape index (κ2) is 5.23. The summed E-state index contributed by atoms with van der Waals surface area (Å²) in [5.74, 6) is 1.24. The molecule has 0 fully saturated rings. The van der Waals surface area contributed by atoms with Crippen LogP contribution in [0.25, 0.3) is 33.7 Å². The molecular weight excluding hydrogens is 304 g/mol. The van der Waals surface area contributed by atoms with Gasteiger partial charge in [0.2, 0.25) is 5.89 Å². The number of rotatable bonds is 3. The van der Waals surface area contributed by atoms with E-state index in [9.17, 15) is 0 Å². The molecule has 122 valence electrons. The average molecular weight is 322 g/mol. The van der Waals surface area contributed by atoms with Crippen LogP contribution < -0.4 is 10.2 Å². The van der Waals surface area contributed by atoms with Crippen molar-refractivity contribution in [3.8, 4) is 11.5 Å². The maximum absolute atomic E-state index is 5.91. The summed E-state index contributed by atoms with van der Waals surface area (Å²) in [6.45, 7) is 0. The first-order valence-corrected chi connectivity index (χ1v) is 7.65. The molecule has 0 saturated heterocycles. The number of hydrogen-bond acceptors (Lipinski definition) is 6. The van der Waals surface area contributed by atoms with Gasteiger partial charge in [0.05, 0.1) is 6.33 Å². The van der Waals surface area contributed by atoms with Crippen molar-refractivity contribution in [3.63, 3.8) is 0 Å². The zero-order valence-electron chi connectivity index (χ0n) is 14.0. The molecule has 7 heteroatoms. The largest absolute Gasteiger partial charge is 0.418 e. The van der Waals surface area contributed by atoms with Crippen molar-refractivity contribution in [2.24, 2.45) is 7.05 Å². The molecule has 4 aromatic rings. The van der Waals surface area contributed by atoms with E-state index in [1.807, 2.05) is 57.0 Å². The normalized spacial score (nSPS) is 11.3. The first-order valence-electron chi connectivity index (χ1n) is 7.65. The fraction of sp³-hybridized carbons (Fsp3) is 0.235. The van der Waals surface area contributed by atoms with Gasteiger partial charge in [0.25, 0.3) is 5.71 Å². The molecule has 0 unspecified atom stereocenters. The molecule has 24 heavy (non-hydrogen) atoms. The van der Waals surface area contributed by atoms with Crippen LogP contribution in [0, 0.1) is 0 Å². The number of anilines is 2. The zero-order valence-corrected chi connectivity index (χ0v) is 14.0. The minimum atomic E-state index is 0.502. The van der Waals surface area contributed by atoms with Crippen molar-refractivity contribution >= 4 is 33.8 Å². The Hall–Kier alpha value is -3.09. The van der Waals surface area contributed by atoms with E-state index in [0.717, 1.165) is 27.8 Å². The summed E-state index contributed by atoms with van der Waals surface area (Å²) >= 11 is 0. The molecule has 0 atom stereocenters. The van der Waals surface area contributed by atoms with Crippen LogP contribution in [-0.2, 0) is 7.05 Å². The highest BCUT2D eigenvalue weighted by Crippen LogP contribution is 2.31. The second-order valence-electron chi connectivity index (χ2n) is 5.88. The Kier molecular flexibility index (Phi) is 3.16. The number of aromatic nitrogens is 4. The Labute approximate surface area is 138 Å². The van der Waals surface area contributed by atoms with Gasteiger partial charge >= 0.3 is 0 Å². The third-order valence-electron chi connectivity index (χ3n) is 4.08. The van der Waals surface area contributed by atoms with Crippen LogP contribution in [0.2, 0.25) is 0 Å². The van der Waals surface area contributed by atoms with Gasteiger partial charge in [-0.1, -0.05) is 0 Å². The van der Waals surface area contributed by atoms with E-state index in [0.29, 0.717) is 17.4 Å². The molecule has 3 heterocycles. The lowest BCUT2D eigenvalue weighted by Crippen LogP contribution is -2.07. The van der Waals surface area contributed by atoms with E-state index in [1.165, 1.54) is 0 Å². The number of nitrogens with one attached hydrogen (secondary N) is 1. The van der Waals surface area contributed by atoms with Gasteiger partial charge in [0.1, 0.15) is 11.0 Å². The minimum absolute atomic E-state index is 0.502. The van der Waals surface area contributed by atoms with Crippen molar-refractivity contribution in [2.45, 2.75) is 0 Å². The monoisotopic (exact) mass is 322 g/mol. The van der Waals surface area contributed by atoms with E-state index in [1.54, 1.807) is 6.33 Å². The lowest BCUT2D eigenvalue weighted by atomic mass is 10.2. The van der Waals surface area contributed by atoms with E-state index in [-0.39, 0.29) is 0 Å². The van der Waals surface area contributed by atoms with E-state index < -0.39 is 0 Å². The fourth-order valence-corrected chi connectivity index (χ4v) is 2.78. The number of fused-ring (bicyclic) bond motifs is 3. The molecule has 0 bridgehead atoms. The van der Waals surface area contributed by atoms with Gasteiger partial charge in [0, 0.05) is 39.4 Å². The summed E-state index contributed by atoms with van der Waals surface area (Å²) in [7, 11) is 7.78. The molecule has 0 radical (unpaired) electrons. The van der Waals surface area contributed by atoms with Crippen LogP contribution in [0.1, 0.15) is 0 Å². The van der Waals surface area contributed by atoms with Crippen molar-refractivity contribution in [2.75, 3.05) is 31.4 Å². The number of nitrogens with zero attached hydrogens (tertiary/aromatic N) is 5. The molecule has 1 N–H and O–H groups in total. The van der Waals surface area contributed by atoms with Gasteiger partial charge in [-0.15, -0.1) is 0 Å². The molecule has 0 saturated carbocycles. The van der Waals surface area contributed by atoms with Crippen LogP contribution in [0.15, 0.2) is 35.0 Å². The van der Waals surface area contributed by atoms with Gasteiger partial charge < -0.3 is 19.2 Å². The Bertz CT molecular complexity index is 1030. The number of oxazole rings is 1. The summed E-state index contributed by atoms with van der Waals surface area (Å²) in [6, 6.07) is 8.07. The van der Waals surface area contributed by atoms with E-state index >= 15 is 0 Å². The Morgan fingerprint density at radius 1 is 1.08 bits per heavy atom. The van der Waals surface area contributed by atoms with Crippen LogP contribution in [0.4, 0.5) is 11.5 Å². The van der Waals surface area contributed by atoms with Gasteiger partial charge in [-0.05, 0) is 24.3 Å². The fourth-order valence-electron chi connectivity index (χ4n) is 2.78. The first kappa shape index (κ1) is 14.5. The summed E-state index contributed by atoms with van der Waals surface area (Å²) in [5.41, 5.74) is 4.96. The summed E-state index contributed by atoms with van der Waals surface area (Å²) in [4.78, 5) is 15.6. The smallest absolute Gasteiger partial charge is 0.251 e. The predicted molar refractivity (Wildman–Crippen MR) is 95.4 cm³/mol. The number of aryl methyl sites for hydroxylation is 1. The van der Waals surface area contributed by atoms with E-state index in [4.69, 9.17) is 4.42 Å². The molecule has 1 aromatic carbocycles. The molecule has 7 nitrogen and oxygen atoms in total. The highest BCUT2D eigenvalue weighted by Gasteiger charge is 2.18. The van der Waals surface area contributed by atoms with Gasteiger partial charge in [0.15, 0.2) is 11.3 Å².